The second kappa shape index (κ2) is 9.74. The number of pyridine rings is 2. The number of sulfone groups is 1. The van der Waals surface area contributed by atoms with Gasteiger partial charge in [-0.05, 0) is 47.7 Å². The Morgan fingerprint density at radius 1 is 1.14 bits per heavy atom. The highest BCUT2D eigenvalue weighted by Crippen LogP contribution is 2.28. The molecule has 1 aliphatic carbocycles. The number of aromatic nitrogens is 2. The van der Waals surface area contributed by atoms with Crippen LogP contribution in [0, 0.1) is 18.8 Å². The number of amidine groups is 1. The Hall–Kier alpha value is -4.11. The summed E-state index contributed by atoms with van der Waals surface area (Å²) in [6, 6.07) is 8.87. The number of nitrogens with one attached hydrogen (secondary N) is 1. The van der Waals surface area contributed by atoms with Gasteiger partial charge in [-0.1, -0.05) is 30.4 Å². The number of rotatable bonds is 6. The number of nitrogens with two attached hydrogens (primary N) is 1. The maximum atomic E-state index is 12.9. The fourth-order valence-corrected chi connectivity index (χ4v) is 5.61. The van der Waals surface area contributed by atoms with Crippen molar-refractivity contribution >= 4 is 32.4 Å². The second-order valence-corrected chi connectivity index (χ2v) is 11.4. The number of hydrogen-bond acceptors (Lipinski definition) is 7. The first-order chi connectivity index (χ1) is 17.7. The number of benzene rings is 1. The second-order valence-electron chi connectivity index (χ2n) is 9.41. The van der Waals surface area contributed by atoms with Crippen LogP contribution < -0.4 is 11.1 Å². The molecule has 0 saturated carbocycles. The van der Waals surface area contributed by atoms with Gasteiger partial charge in [0.25, 0.3) is 5.91 Å². The fourth-order valence-electron chi connectivity index (χ4n) is 4.68. The van der Waals surface area contributed by atoms with Crippen LogP contribution in [0.3, 0.4) is 0 Å². The maximum Gasteiger partial charge on any atom is 0.251 e. The Bertz CT molecular complexity index is 1640. The van der Waals surface area contributed by atoms with Crippen LogP contribution in [0.2, 0.25) is 0 Å². The number of nitrogens with zero attached hydrogens (tertiary/aromatic N) is 3. The van der Waals surface area contributed by atoms with E-state index in [1.165, 1.54) is 6.26 Å². The van der Waals surface area contributed by atoms with Gasteiger partial charge in [-0.25, -0.2) is 13.4 Å². The summed E-state index contributed by atoms with van der Waals surface area (Å²) in [7, 11) is -3.46. The summed E-state index contributed by atoms with van der Waals surface area (Å²) in [6.07, 6.45) is 14.6. The van der Waals surface area contributed by atoms with Crippen molar-refractivity contribution in [2.75, 3.05) is 12.8 Å². The Morgan fingerprint density at radius 3 is 2.78 bits per heavy atom. The van der Waals surface area contributed by atoms with Gasteiger partial charge in [-0.3, -0.25) is 14.8 Å². The molecule has 1 aromatic carbocycles. The lowest BCUT2D eigenvalue weighted by Gasteiger charge is -2.25. The van der Waals surface area contributed by atoms with E-state index in [0.717, 1.165) is 22.2 Å². The number of aryl methyl sites for hydroxylation is 1. The van der Waals surface area contributed by atoms with Crippen molar-refractivity contribution in [3.8, 4) is 0 Å². The lowest BCUT2D eigenvalue weighted by molar-refractivity contribution is 0.0957. The third-order valence-electron chi connectivity index (χ3n) is 6.52. The lowest BCUT2D eigenvalue weighted by Crippen LogP contribution is -2.32. The maximum absolute atomic E-state index is 12.9. The molecule has 0 radical (unpaired) electrons. The molecular weight excluding hydrogens is 486 g/mol. The molecular formula is C28H27N5O3S. The van der Waals surface area contributed by atoms with E-state index >= 15 is 0 Å². The normalized spacial score (nSPS) is 18.8. The Kier molecular flexibility index (Phi) is 6.47. The minimum atomic E-state index is -3.46. The smallest absolute Gasteiger partial charge is 0.251 e. The zero-order valence-electron chi connectivity index (χ0n) is 20.5. The highest BCUT2D eigenvalue weighted by Gasteiger charge is 2.24. The SMILES string of the molecule is Cc1cc2cc(Cc3cc(C(=O)NCC4=CC5C=CN=C(N)C5C=C4)ccn3)cc(S(C)(=O)=O)c2cn1. The van der Waals surface area contributed by atoms with E-state index in [1.54, 1.807) is 36.8 Å². The van der Waals surface area contributed by atoms with Gasteiger partial charge in [-0.15, -0.1) is 0 Å². The highest BCUT2D eigenvalue weighted by atomic mass is 32.2. The van der Waals surface area contributed by atoms with E-state index in [9.17, 15) is 13.2 Å². The largest absolute Gasteiger partial charge is 0.387 e. The molecule has 1 aliphatic heterocycles. The molecule has 9 heteroatoms. The minimum Gasteiger partial charge on any atom is -0.387 e. The number of hydrogen-bond donors (Lipinski definition) is 2. The number of fused-ring (bicyclic) bond motifs is 2. The van der Waals surface area contributed by atoms with E-state index in [-0.39, 0.29) is 22.6 Å². The van der Waals surface area contributed by atoms with Crippen molar-refractivity contribution in [2.45, 2.75) is 18.2 Å². The summed E-state index contributed by atoms with van der Waals surface area (Å²) in [5, 5.41) is 4.36. The molecule has 2 aliphatic rings. The summed E-state index contributed by atoms with van der Waals surface area (Å²) in [5.74, 6) is 0.581. The van der Waals surface area contributed by atoms with Gasteiger partial charge in [0, 0.05) is 72.0 Å². The van der Waals surface area contributed by atoms with Crippen LogP contribution in [-0.4, -0.2) is 42.9 Å². The quantitative estimate of drug-likeness (QED) is 0.521. The van der Waals surface area contributed by atoms with Crippen LogP contribution in [0.4, 0.5) is 0 Å². The number of aliphatic imine (C=N–C) groups is 1. The van der Waals surface area contributed by atoms with E-state index in [1.807, 2.05) is 37.3 Å². The van der Waals surface area contributed by atoms with E-state index in [0.29, 0.717) is 35.4 Å². The monoisotopic (exact) mass is 513 g/mol. The highest BCUT2D eigenvalue weighted by molar-refractivity contribution is 7.91. The first-order valence-corrected chi connectivity index (χ1v) is 13.8. The number of amides is 1. The van der Waals surface area contributed by atoms with Gasteiger partial charge in [0.1, 0.15) is 5.84 Å². The van der Waals surface area contributed by atoms with Gasteiger partial charge in [0.15, 0.2) is 9.84 Å². The molecule has 2 aromatic heterocycles. The lowest BCUT2D eigenvalue weighted by atomic mass is 9.84. The van der Waals surface area contributed by atoms with E-state index in [2.05, 4.69) is 26.4 Å². The first-order valence-electron chi connectivity index (χ1n) is 11.9. The van der Waals surface area contributed by atoms with Crippen LogP contribution in [0.25, 0.3) is 10.8 Å². The average molecular weight is 514 g/mol. The topological polar surface area (TPSA) is 127 Å². The molecule has 2 unspecified atom stereocenters. The van der Waals surface area contributed by atoms with Gasteiger partial charge in [-0.2, -0.15) is 0 Å². The third kappa shape index (κ3) is 5.36. The van der Waals surface area contributed by atoms with Crippen LogP contribution in [0.15, 0.2) is 88.7 Å². The molecule has 0 saturated heterocycles. The van der Waals surface area contributed by atoms with Crippen LogP contribution in [0.1, 0.15) is 27.3 Å². The Morgan fingerprint density at radius 2 is 1.97 bits per heavy atom. The molecule has 5 rings (SSSR count). The van der Waals surface area contributed by atoms with Crippen LogP contribution >= 0.6 is 0 Å². The first kappa shape index (κ1) is 24.6. The number of carbonyl (C=O) groups is 1. The number of allylic oxidation sites excluding steroid dienone is 2. The molecule has 0 spiro atoms. The van der Waals surface area contributed by atoms with Crippen molar-refractivity contribution < 1.29 is 13.2 Å². The average Bonchev–Trinajstić information content (AvgIpc) is 2.86. The zero-order valence-corrected chi connectivity index (χ0v) is 21.4. The molecule has 1 amide bonds. The molecule has 0 fully saturated rings. The molecule has 37 heavy (non-hydrogen) atoms. The summed E-state index contributed by atoms with van der Waals surface area (Å²) < 4.78 is 24.9. The summed E-state index contributed by atoms with van der Waals surface area (Å²) in [5.41, 5.74) is 9.72. The Balaban J connectivity index is 1.32. The molecule has 2 atom stereocenters. The minimum absolute atomic E-state index is 0.0608. The van der Waals surface area contributed by atoms with Crippen molar-refractivity contribution in [3.05, 3.63) is 101 Å². The molecule has 3 N–H and O–H groups in total. The van der Waals surface area contributed by atoms with Gasteiger partial charge in [0.2, 0.25) is 0 Å². The van der Waals surface area contributed by atoms with Crippen LogP contribution in [0.5, 0.6) is 0 Å². The molecule has 0 bridgehead atoms. The van der Waals surface area contributed by atoms with E-state index < -0.39 is 9.84 Å². The van der Waals surface area contributed by atoms with Gasteiger partial charge < -0.3 is 11.1 Å². The van der Waals surface area contributed by atoms with Gasteiger partial charge >= 0.3 is 0 Å². The van der Waals surface area contributed by atoms with Crippen molar-refractivity contribution in [1.29, 1.82) is 0 Å². The summed E-state index contributed by atoms with van der Waals surface area (Å²) >= 11 is 0. The Labute approximate surface area is 215 Å². The third-order valence-corrected chi connectivity index (χ3v) is 7.66. The summed E-state index contributed by atoms with van der Waals surface area (Å²) in [4.78, 5) is 26.0. The molecule has 3 aromatic rings. The predicted molar refractivity (Wildman–Crippen MR) is 144 cm³/mol. The van der Waals surface area contributed by atoms with Crippen LogP contribution in [-0.2, 0) is 16.3 Å². The van der Waals surface area contributed by atoms with Gasteiger partial charge in [0.05, 0.1) is 4.90 Å². The fraction of sp³-hybridized carbons (Fsp3) is 0.214. The molecule has 3 heterocycles. The zero-order chi connectivity index (χ0) is 26.2. The van der Waals surface area contributed by atoms with Crippen molar-refractivity contribution in [1.82, 2.24) is 15.3 Å². The predicted octanol–water partition coefficient (Wildman–Crippen LogP) is 3.28. The summed E-state index contributed by atoms with van der Waals surface area (Å²) in [6.45, 7) is 2.25. The standard InChI is InChI=1S/C28H27N5O3S/c1-17-9-22-11-19(13-26(37(2,35)36)25(22)16-32-17)12-23-14-21(6-7-30-23)28(34)33-15-18-3-4-24-20(10-18)5-8-31-27(24)29/h3-11,13-14,16,20,24H,12,15H2,1-2H3,(H2,29,31)(H,33,34). The number of carbonyl (C=O) groups excluding carboxylic acids is 1. The molecule has 188 valence electrons. The van der Waals surface area contributed by atoms with E-state index in [4.69, 9.17) is 5.73 Å². The molecule has 8 nitrogen and oxygen atoms in total. The van der Waals surface area contributed by atoms with Crippen molar-refractivity contribution in [2.24, 2.45) is 22.6 Å². The van der Waals surface area contributed by atoms with Crippen molar-refractivity contribution in [3.63, 3.8) is 0 Å².